The second kappa shape index (κ2) is 6.55. The summed E-state index contributed by atoms with van der Waals surface area (Å²) in [5.74, 6) is 0.562. The van der Waals surface area contributed by atoms with Gasteiger partial charge in [0.25, 0.3) is 0 Å². The van der Waals surface area contributed by atoms with Crippen molar-refractivity contribution in [2.75, 3.05) is 12.3 Å². The highest BCUT2D eigenvalue weighted by atomic mass is 32.2. The largest absolute Gasteiger partial charge is 0.387 e. The fourth-order valence-corrected chi connectivity index (χ4v) is 3.91. The second-order valence-electron chi connectivity index (χ2n) is 5.55. The lowest BCUT2D eigenvalue weighted by Gasteiger charge is -2.27. The Labute approximate surface area is 135 Å². The highest BCUT2D eigenvalue weighted by Gasteiger charge is 2.34. The SMILES string of the molecule is Cc1cccc([C@H]2SCC(=O)N2C[C@@H](O)c2ccccc2)c1. The number of aliphatic hydroxyl groups excluding tert-OH is 1. The lowest BCUT2D eigenvalue weighted by atomic mass is 10.1. The molecule has 1 aliphatic rings. The van der Waals surface area contributed by atoms with Crippen molar-refractivity contribution in [1.29, 1.82) is 0 Å². The molecule has 2 aromatic rings. The first-order chi connectivity index (χ1) is 10.6. The minimum atomic E-state index is -0.656. The molecule has 3 rings (SSSR count). The van der Waals surface area contributed by atoms with Crippen LogP contribution < -0.4 is 0 Å². The molecule has 2 aromatic carbocycles. The van der Waals surface area contributed by atoms with E-state index in [1.807, 2.05) is 55.5 Å². The van der Waals surface area contributed by atoms with E-state index in [2.05, 4.69) is 6.07 Å². The molecule has 1 heterocycles. The lowest BCUT2D eigenvalue weighted by molar-refractivity contribution is -0.129. The summed E-state index contributed by atoms with van der Waals surface area (Å²) < 4.78 is 0. The van der Waals surface area contributed by atoms with Gasteiger partial charge in [0.2, 0.25) is 5.91 Å². The Morgan fingerprint density at radius 1 is 1.23 bits per heavy atom. The van der Waals surface area contributed by atoms with Crippen LogP contribution in [0.25, 0.3) is 0 Å². The maximum Gasteiger partial charge on any atom is 0.233 e. The van der Waals surface area contributed by atoms with Crippen LogP contribution in [0.15, 0.2) is 54.6 Å². The summed E-state index contributed by atoms with van der Waals surface area (Å²) in [6.07, 6.45) is -0.656. The predicted octanol–water partition coefficient (Wildman–Crippen LogP) is 3.30. The van der Waals surface area contributed by atoms with Crippen LogP contribution in [0.5, 0.6) is 0 Å². The standard InChI is InChI=1S/C18H19NO2S/c1-13-6-5-9-15(10-13)18-19(17(21)12-22-18)11-16(20)14-7-3-2-4-8-14/h2-10,16,18,20H,11-12H2,1H3/t16-,18-/m1/s1. The fourth-order valence-electron chi connectivity index (χ4n) is 2.72. The van der Waals surface area contributed by atoms with Gasteiger partial charge in [-0.15, -0.1) is 11.8 Å². The van der Waals surface area contributed by atoms with Crippen molar-refractivity contribution < 1.29 is 9.90 Å². The maximum atomic E-state index is 12.2. The molecule has 22 heavy (non-hydrogen) atoms. The average molecular weight is 313 g/mol. The van der Waals surface area contributed by atoms with Gasteiger partial charge in [0.05, 0.1) is 18.4 Å². The molecular weight excluding hydrogens is 294 g/mol. The highest BCUT2D eigenvalue weighted by Crippen LogP contribution is 2.39. The van der Waals surface area contributed by atoms with Crippen molar-refractivity contribution in [3.8, 4) is 0 Å². The van der Waals surface area contributed by atoms with Gasteiger partial charge in [-0.1, -0.05) is 60.2 Å². The molecule has 1 saturated heterocycles. The monoisotopic (exact) mass is 313 g/mol. The summed E-state index contributed by atoms with van der Waals surface area (Å²) in [5.41, 5.74) is 3.15. The van der Waals surface area contributed by atoms with Crippen LogP contribution in [0, 0.1) is 6.92 Å². The number of amides is 1. The minimum Gasteiger partial charge on any atom is -0.387 e. The van der Waals surface area contributed by atoms with E-state index in [1.165, 1.54) is 5.56 Å². The number of thioether (sulfide) groups is 1. The number of carbonyl (C=O) groups excluding carboxylic acids is 1. The molecule has 0 spiro atoms. The molecule has 0 aromatic heterocycles. The molecule has 114 valence electrons. The zero-order valence-corrected chi connectivity index (χ0v) is 13.3. The van der Waals surface area contributed by atoms with Gasteiger partial charge >= 0.3 is 0 Å². The molecule has 0 radical (unpaired) electrons. The van der Waals surface area contributed by atoms with Gasteiger partial charge in [0, 0.05) is 0 Å². The molecule has 2 atom stereocenters. The zero-order valence-electron chi connectivity index (χ0n) is 12.5. The van der Waals surface area contributed by atoms with Crippen molar-refractivity contribution in [3.05, 3.63) is 71.3 Å². The van der Waals surface area contributed by atoms with Crippen molar-refractivity contribution in [2.45, 2.75) is 18.4 Å². The molecule has 1 fully saturated rings. The van der Waals surface area contributed by atoms with Crippen molar-refractivity contribution in [1.82, 2.24) is 4.90 Å². The molecule has 1 N–H and O–H groups in total. The number of hydrogen-bond acceptors (Lipinski definition) is 3. The van der Waals surface area contributed by atoms with Crippen LogP contribution in [-0.2, 0) is 4.79 Å². The van der Waals surface area contributed by atoms with Gasteiger partial charge < -0.3 is 10.0 Å². The predicted molar refractivity (Wildman–Crippen MR) is 89.5 cm³/mol. The third-order valence-corrected chi connectivity index (χ3v) is 5.11. The van der Waals surface area contributed by atoms with E-state index in [1.54, 1.807) is 16.7 Å². The van der Waals surface area contributed by atoms with Gasteiger partial charge in [0.1, 0.15) is 5.37 Å². The Hall–Kier alpha value is -1.78. The Morgan fingerprint density at radius 3 is 2.73 bits per heavy atom. The quantitative estimate of drug-likeness (QED) is 0.941. The number of nitrogens with zero attached hydrogens (tertiary/aromatic N) is 1. The van der Waals surface area contributed by atoms with Gasteiger partial charge in [-0.2, -0.15) is 0 Å². The molecule has 0 unspecified atom stereocenters. The van der Waals surface area contributed by atoms with E-state index < -0.39 is 6.10 Å². The molecule has 3 nitrogen and oxygen atoms in total. The normalized spacial score (nSPS) is 19.5. The zero-order chi connectivity index (χ0) is 15.5. The number of carbonyl (C=O) groups is 1. The van der Waals surface area contributed by atoms with E-state index in [0.717, 1.165) is 11.1 Å². The van der Waals surface area contributed by atoms with Crippen molar-refractivity contribution in [3.63, 3.8) is 0 Å². The third-order valence-electron chi connectivity index (χ3n) is 3.85. The molecule has 4 heteroatoms. The summed E-state index contributed by atoms with van der Waals surface area (Å²) in [5, 5.41) is 10.4. The van der Waals surface area contributed by atoms with Crippen LogP contribution in [-0.4, -0.2) is 28.2 Å². The molecule has 0 bridgehead atoms. The number of hydrogen-bond donors (Lipinski definition) is 1. The van der Waals surface area contributed by atoms with Gasteiger partial charge in [-0.05, 0) is 18.1 Å². The minimum absolute atomic E-state index is 0.00855. The molecule has 0 aliphatic carbocycles. The van der Waals surface area contributed by atoms with Crippen molar-refractivity contribution >= 4 is 17.7 Å². The van der Waals surface area contributed by atoms with Crippen molar-refractivity contribution in [2.24, 2.45) is 0 Å². The number of aliphatic hydroxyl groups is 1. The van der Waals surface area contributed by atoms with Crippen LogP contribution in [0.1, 0.15) is 28.2 Å². The van der Waals surface area contributed by atoms with E-state index in [4.69, 9.17) is 0 Å². The van der Waals surface area contributed by atoms with Gasteiger partial charge in [0.15, 0.2) is 0 Å². The topological polar surface area (TPSA) is 40.5 Å². The molecule has 1 aliphatic heterocycles. The van der Waals surface area contributed by atoms with Crippen LogP contribution in [0.4, 0.5) is 0 Å². The second-order valence-corrected chi connectivity index (χ2v) is 6.62. The summed E-state index contributed by atoms with van der Waals surface area (Å²) in [6.45, 7) is 2.38. The molecule has 0 saturated carbocycles. The fraction of sp³-hybridized carbons (Fsp3) is 0.278. The first-order valence-electron chi connectivity index (χ1n) is 7.36. The number of aryl methyl sites for hydroxylation is 1. The Morgan fingerprint density at radius 2 is 2.00 bits per heavy atom. The first-order valence-corrected chi connectivity index (χ1v) is 8.40. The Bertz CT molecular complexity index is 659. The van der Waals surface area contributed by atoms with E-state index >= 15 is 0 Å². The van der Waals surface area contributed by atoms with Gasteiger partial charge in [-0.25, -0.2) is 0 Å². The maximum absolute atomic E-state index is 12.2. The number of β-amino-alcohol motifs (C(OH)–C–C–N with tert-alkyl or cyclic N) is 1. The highest BCUT2D eigenvalue weighted by molar-refractivity contribution is 8.00. The Balaban J connectivity index is 1.80. The summed E-state index contributed by atoms with van der Waals surface area (Å²) in [7, 11) is 0. The summed E-state index contributed by atoms with van der Waals surface area (Å²) in [4.78, 5) is 14.0. The van der Waals surface area contributed by atoms with E-state index in [9.17, 15) is 9.90 Å². The summed E-state index contributed by atoms with van der Waals surface area (Å²) in [6, 6.07) is 17.7. The smallest absolute Gasteiger partial charge is 0.233 e. The van der Waals surface area contributed by atoms with Crippen LogP contribution >= 0.6 is 11.8 Å². The van der Waals surface area contributed by atoms with E-state index in [-0.39, 0.29) is 11.3 Å². The third kappa shape index (κ3) is 3.18. The first kappa shape index (κ1) is 15.1. The van der Waals surface area contributed by atoms with Gasteiger partial charge in [-0.3, -0.25) is 4.79 Å². The van der Waals surface area contributed by atoms with Crippen LogP contribution in [0.3, 0.4) is 0 Å². The number of rotatable bonds is 4. The number of benzene rings is 2. The van der Waals surface area contributed by atoms with E-state index in [0.29, 0.717) is 12.3 Å². The Kier molecular flexibility index (Phi) is 4.50. The molecular formula is C18H19NO2S. The molecule has 1 amide bonds. The average Bonchev–Trinajstić information content (AvgIpc) is 2.89. The summed E-state index contributed by atoms with van der Waals surface area (Å²) >= 11 is 1.62. The lowest BCUT2D eigenvalue weighted by Crippen LogP contribution is -2.32. The van der Waals surface area contributed by atoms with Crippen LogP contribution in [0.2, 0.25) is 0 Å².